The van der Waals surface area contributed by atoms with Gasteiger partial charge in [-0.3, -0.25) is 0 Å². The molecule has 0 aromatic carbocycles. The summed E-state index contributed by atoms with van der Waals surface area (Å²) in [5.74, 6) is -15.1. The molecule has 0 radical (unpaired) electrons. The Morgan fingerprint density at radius 3 is 0.864 bits per heavy atom. The van der Waals surface area contributed by atoms with E-state index >= 15 is 0 Å². The molecule has 0 N–H and O–H groups in total. The molecule has 0 aliphatic rings. The summed E-state index contributed by atoms with van der Waals surface area (Å²) >= 11 is 0. The van der Waals surface area contributed by atoms with Crippen LogP contribution >= 0.6 is 0 Å². The van der Waals surface area contributed by atoms with Crippen molar-refractivity contribution >= 4 is 21.0 Å². The quantitative estimate of drug-likeness (QED) is 0.481. The van der Waals surface area contributed by atoms with Crippen LogP contribution in [-0.4, -0.2) is 40.9 Å². The third-order valence-electron chi connectivity index (χ3n) is 1.53. The van der Waals surface area contributed by atoms with Crippen molar-refractivity contribution < 1.29 is 68.1 Å². The molecule has 0 aromatic rings. The predicted molar refractivity (Wildman–Crippen MR) is 42.0 cm³/mol. The monoisotopic (exact) mass is 398 g/mol. The van der Waals surface area contributed by atoms with Crippen LogP contribution < -0.4 is 0 Å². The van der Waals surface area contributed by atoms with Gasteiger partial charge in [0.05, 0.1) is 0 Å². The Balaban J connectivity index is 5.95. The highest BCUT2D eigenvalue weighted by molar-refractivity contribution is 7.81. The summed E-state index contributed by atoms with van der Waals surface area (Å²) in [5, 5.41) is 0. The van der Waals surface area contributed by atoms with Crippen LogP contribution in [0.1, 0.15) is 0 Å². The van der Waals surface area contributed by atoms with Gasteiger partial charge in [0.15, 0.2) is 0 Å². The Hall–Kier alpha value is -0.880. The fourth-order valence-corrected chi connectivity index (χ4v) is 1.43. The average Bonchev–Trinajstić information content (AvgIpc) is 2.08. The first-order valence-corrected chi connectivity index (χ1v) is 6.60. The molecular formula is C4F10O6S2. The highest BCUT2D eigenvalue weighted by atomic mass is 32.3. The van der Waals surface area contributed by atoms with Crippen LogP contribution in [0.15, 0.2) is 0 Å². The van der Waals surface area contributed by atoms with Gasteiger partial charge in [0.2, 0.25) is 0 Å². The van der Waals surface area contributed by atoms with Gasteiger partial charge in [-0.2, -0.15) is 60.3 Å². The van der Waals surface area contributed by atoms with E-state index in [2.05, 4.69) is 0 Å². The molecule has 0 fully saturated rings. The van der Waals surface area contributed by atoms with Gasteiger partial charge in [0.25, 0.3) is 0 Å². The first-order chi connectivity index (χ1) is 9.16. The lowest BCUT2D eigenvalue weighted by molar-refractivity contribution is -0.437. The SMILES string of the molecule is O=S(=O)(F)OC(F)(F)C(F)(F)C(F)(F)C(F)(F)OS(=O)(=O)F. The highest BCUT2D eigenvalue weighted by Crippen LogP contribution is 2.54. The van der Waals surface area contributed by atoms with Crippen molar-refractivity contribution in [3.8, 4) is 0 Å². The summed E-state index contributed by atoms with van der Waals surface area (Å²) in [6.07, 6.45) is -14.3. The smallest absolute Gasteiger partial charge is 0.189 e. The summed E-state index contributed by atoms with van der Waals surface area (Å²) in [7, 11) is -14.1. The second kappa shape index (κ2) is 5.34. The summed E-state index contributed by atoms with van der Waals surface area (Å²) < 4.78 is 165. The van der Waals surface area contributed by atoms with E-state index in [9.17, 15) is 59.7 Å². The van der Waals surface area contributed by atoms with Crippen molar-refractivity contribution in [2.24, 2.45) is 0 Å². The largest absolute Gasteiger partial charge is 0.442 e. The third kappa shape index (κ3) is 4.32. The van der Waals surface area contributed by atoms with Gasteiger partial charge in [-0.15, -0.1) is 0 Å². The summed E-state index contributed by atoms with van der Waals surface area (Å²) in [5.41, 5.74) is 0. The minimum absolute atomic E-state index is 1.61. The van der Waals surface area contributed by atoms with Crippen molar-refractivity contribution in [1.82, 2.24) is 0 Å². The molecule has 0 unspecified atom stereocenters. The molecule has 6 nitrogen and oxygen atoms in total. The first kappa shape index (κ1) is 21.1. The molecule has 18 heteroatoms. The van der Waals surface area contributed by atoms with Gasteiger partial charge in [0.1, 0.15) is 0 Å². The Morgan fingerprint density at radius 1 is 0.545 bits per heavy atom. The second-order valence-electron chi connectivity index (χ2n) is 3.14. The van der Waals surface area contributed by atoms with E-state index in [0.717, 1.165) is 0 Å². The molecule has 0 rings (SSSR count). The van der Waals surface area contributed by atoms with E-state index in [-0.39, 0.29) is 0 Å². The normalized spacial score (nSPS) is 15.9. The maximum Gasteiger partial charge on any atom is 0.442 e. The van der Waals surface area contributed by atoms with E-state index in [4.69, 9.17) is 0 Å². The molecular weight excluding hydrogens is 398 g/mol. The number of rotatable bonds is 7. The van der Waals surface area contributed by atoms with E-state index < -0.39 is 45.1 Å². The van der Waals surface area contributed by atoms with Crippen LogP contribution in [0.3, 0.4) is 0 Å². The van der Waals surface area contributed by atoms with E-state index in [1.807, 2.05) is 0 Å². The van der Waals surface area contributed by atoms with Crippen LogP contribution in [0.5, 0.6) is 0 Å². The lowest BCUT2D eigenvalue weighted by atomic mass is 10.1. The van der Waals surface area contributed by atoms with Gasteiger partial charge in [-0.25, -0.2) is 0 Å². The summed E-state index contributed by atoms with van der Waals surface area (Å²) in [4.78, 5) is 0. The lowest BCUT2D eigenvalue weighted by Crippen LogP contribution is -2.64. The molecule has 22 heavy (non-hydrogen) atoms. The Kier molecular flexibility index (Phi) is 5.12. The summed E-state index contributed by atoms with van der Waals surface area (Å²) in [6, 6.07) is 0. The predicted octanol–water partition coefficient (Wildman–Crippen LogP) is 1.90. The number of halogens is 10. The topological polar surface area (TPSA) is 86.7 Å². The third-order valence-corrected chi connectivity index (χ3v) is 2.35. The molecule has 0 heterocycles. The van der Waals surface area contributed by atoms with Crippen molar-refractivity contribution in [2.75, 3.05) is 0 Å². The average molecular weight is 398 g/mol. The van der Waals surface area contributed by atoms with Crippen molar-refractivity contribution in [3.63, 3.8) is 0 Å². The number of hydrogen-bond acceptors (Lipinski definition) is 6. The zero-order chi connectivity index (χ0) is 18.4. The molecule has 0 spiro atoms. The van der Waals surface area contributed by atoms with Crippen LogP contribution in [0.2, 0.25) is 0 Å². The van der Waals surface area contributed by atoms with Gasteiger partial charge in [-0.1, -0.05) is 7.77 Å². The molecule has 0 saturated carbocycles. The molecule has 0 aliphatic carbocycles. The molecule has 0 aromatic heterocycles. The second-order valence-corrected chi connectivity index (χ2v) is 5.04. The van der Waals surface area contributed by atoms with Crippen molar-refractivity contribution in [3.05, 3.63) is 0 Å². The van der Waals surface area contributed by atoms with E-state index in [1.165, 1.54) is 0 Å². The summed E-state index contributed by atoms with van der Waals surface area (Å²) in [6.45, 7) is 0. The zero-order valence-electron chi connectivity index (χ0n) is 9.05. The van der Waals surface area contributed by atoms with Gasteiger partial charge in [0, 0.05) is 0 Å². The Labute approximate surface area is 114 Å². The number of hydrogen-bond donors (Lipinski definition) is 0. The molecule has 0 atom stereocenters. The van der Waals surface area contributed by atoms with Crippen LogP contribution in [0, 0.1) is 0 Å². The van der Waals surface area contributed by atoms with Crippen molar-refractivity contribution in [1.29, 1.82) is 0 Å². The van der Waals surface area contributed by atoms with Gasteiger partial charge in [-0.05, 0) is 0 Å². The maximum atomic E-state index is 12.6. The molecule has 0 aliphatic heterocycles. The molecule has 0 amide bonds. The standard InChI is InChI=1S/C4F10O6S2/c5-1(6,3(9,10)19-21(13,15)16)2(7,8)4(11,12)20-22(14,17)18. The van der Waals surface area contributed by atoms with Crippen LogP contribution in [0.4, 0.5) is 42.9 Å². The number of alkyl halides is 8. The zero-order valence-corrected chi connectivity index (χ0v) is 10.7. The minimum Gasteiger partial charge on any atom is -0.189 e. The fraction of sp³-hybridized carbons (Fsp3) is 1.00. The lowest BCUT2D eigenvalue weighted by Gasteiger charge is -2.33. The van der Waals surface area contributed by atoms with Gasteiger partial charge >= 0.3 is 45.1 Å². The fourth-order valence-electron chi connectivity index (χ4n) is 0.720. The van der Waals surface area contributed by atoms with Crippen LogP contribution in [0.25, 0.3) is 0 Å². The van der Waals surface area contributed by atoms with E-state index in [1.54, 1.807) is 8.37 Å². The molecule has 0 bridgehead atoms. The maximum absolute atomic E-state index is 12.6. The molecule has 134 valence electrons. The van der Waals surface area contributed by atoms with Crippen molar-refractivity contribution in [2.45, 2.75) is 24.1 Å². The Bertz CT molecular complexity index is 566. The van der Waals surface area contributed by atoms with E-state index in [0.29, 0.717) is 0 Å². The Morgan fingerprint density at radius 2 is 0.727 bits per heavy atom. The van der Waals surface area contributed by atoms with Crippen LogP contribution in [-0.2, 0) is 29.4 Å². The first-order valence-electron chi connectivity index (χ1n) is 3.98. The highest BCUT2D eigenvalue weighted by Gasteiger charge is 2.84. The van der Waals surface area contributed by atoms with Gasteiger partial charge < -0.3 is 0 Å². The molecule has 0 saturated heterocycles. The minimum atomic E-state index is -7.56.